The van der Waals surface area contributed by atoms with Crippen LogP contribution in [-0.4, -0.2) is 32.0 Å². The summed E-state index contributed by atoms with van der Waals surface area (Å²) in [6, 6.07) is 28.0. The number of benzene rings is 3. The van der Waals surface area contributed by atoms with Gasteiger partial charge >= 0.3 is 0 Å². The smallest absolute Gasteiger partial charge is 0.227 e. The lowest BCUT2D eigenvalue weighted by Crippen LogP contribution is -2.34. The van der Waals surface area contributed by atoms with Crippen LogP contribution in [0.25, 0.3) is 0 Å². The van der Waals surface area contributed by atoms with Gasteiger partial charge in [-0.2, -0.15) is 0 Å². The van der Waals surface area contributed by atoms with Crippen molar-refractivity contribution >= 4 is 17.5 Å². The lowest BCUT2D eigenvalue weighted by atomic mass is 9.88. The highest BCUT2D eigenvalue weighted by Crippen LogP contribution is 2.29. The largest absolute Gasteiger partial charge is 0.497 e. The molecule has 32 heavy (non-hydrogen) atoms. The molecule has 1 heterocycles. The van der Waals surface area contributed by atoms with Gasteiger partial charge in [0.15, 0.2) is 0 Å². The van der Waals surface area contributed by atoms with Gasteiger partial charge in [-0.25, -0.2) is 0 Å². The highest BCUT2D eigenvalue weighted by Gasteiger charge is 2.35. The maximum Gasteiger partial charge on any atom is 0.227 e. The molecule has 5 heteroatoms. The molecule has 0 bridgehead atoms. The highest BCUT2D eigenvalue weighted by atomic mass is 16.5. The summed E-state index contributed by atoms with van der Waals surface area (Å²) < 4.78 is 5.18. The Morgan fingerprint density at radius 1 is 0.969 bits per heavy atom. The van der Waals surface area contributed by atoms with E-state index in [9.17, 15) is 9.59 Å². The van der Waals surface area contributed by atoms with Crippen LogP contribution >= 0.6 is 0 Å². The van der Waals surface area contributed by atoms with Gasteiger partial charge in [-0.15, -0.1) is 0 Å². The molecule has 0 spiro atoms. The molecule has 1 aliphatic rings. The van der Waals surface area contributed by atoms with Gasteiger partial charge in [-0.3, -0.25) is 9.59 Å². The number of nitrogens with one attached hydrogen (secondary N) is 1. The third-order valence-corrected chi connectivity index (χ3v) is 6.02. The fourth-order valence-electron chi connectivity index (χ4n) is 4.28. The van der Waals surface area contributed by atoms with E-state index in [0.717, 1.165) is 17.9 Å². The molecule has 164 valence electrons. The Balaban J connectivity index is 1.36. The van der Waals surface area contributed by atoms with Crippen molar-refractivity contribution in [2.75, 3.05) is 25.1 Å². The average molecular weight is 429 g/mol. The van der Waals surface area contributed by atoms with Crippen molar-refractivity contribution in [3.63, 3.8) is 0 Å². The third-order valence-electron chi connectivity index (χ3n) is 6.02. The van der Waals surface area contributed by atoms with Crippen LogP contribution in [0.15, 0.2) is 84.9 Å². The van der Waals surface area contributed by atoms with Crippen LogP contribution in [0.5, 0.6) is 5.75 Å². The summed E-state index contributed by atoms with van der Waals surface area (Å²) in [5.74, 6) is 0.521. The quantitative estimate of drug-likeness (QED) is 0.579. The van der Waals surface area contributed by atoms with E-state index >= 15 is 0 Å². The summed E-state index contributed by atoms with van der Waals surface area (Å²) >= 11 is 0. The number of hydrogen-bond donors (Lipinski definition) is 1. The van der Waals surface area contributed by atoms with E-state index in [1.165, 1.54) is 11.1 Å². The first-order chi connectivity index (χ1) is 15.7. The minimum Gasteiger partial charge on any atom is -0.497 e. The van der Waals surface area contributed by atoms with Crippen LogP contribution in [-0.2, 0) is 9.59 Å². The Bertz CT molecular complexity index is 996. The van der Waals surface area contributed by atoms with E-state index in [0.29, 0.717) is 13.1 Å². The SMILES string of the molecule is COc1ccc(N2C[C@@H](C(=O)NCCC(c3ccccc3)c3ccccc3)CC2=O)cc1. The summed E-state index contributed by atoms with van der Waals surface area (Å²) in [5, 5.41) is 3.07. The zero-order valence-corrected chi connectivity index (χ0v) is 18.2. The maximum absolute atomic E-state index is 12.8. The molecule has 1 aliphatic heterocycles. The number of rotatable bonds is 8. The van der Waals surface area contributed by atoms with Gasteiger partial charge in [-0.05, 0) is 41.8 Å². The van der Waals surface area contributed by atoms with Crippen molar-refractivity contribution in [2.24, 2.45) is 5.92 Å². The monoisotopic (exact) mass is 428 g/mol. The predicted octanol–water partition coefficient (Wildman–Crippen LogP) is 4.39. The fourth-order valence-corrected chi connectivity index (χ4v) is 4.28. The van der Waals surface area contributed by atoms with Crippen molar-refractivity contribution in [1.82, 2.24) is 5.32 Å². The Hall–Kier alpha value is -3.60. The summed E-state index contributed by atoms with van der Waals surface area (Å²) in [6.45, 7) is 0.957. The van der Waals surface area contributed by atoms with Gasteiger partial charge in [0.1, 0.15) is 5.75 Å². The minimum absolute atomic E-state index is 0.0261. The van der Waals surface area contributed by atoms with E-state index in [4.69, 9.17) is 4.74 Å². The van der Waals surface area contributed by atoms with Gasteiger partial charge in [0, 0.05) is 31.1 Å². The second-order valence-corrected chi connectivity index (χ2v) is 8.06. The maximum atomic E-state index is 12.8. The van der Waals surface area contributed by atoms with E-state index < -0.39 is 0 Å². The molecule has 3 aromatic rings. The summed E-state index contributed by atoms with van der Waals surface area (Å²) in [6.07, 6.45) is 1.03. The molecule has 5 nitrogen and oxygen atoms in total. The fraction of sp³-hybridized carbons (Fsp3) is 0.259. The van der Waals surface area contributed by atoms with E-state index in [2.05, 4.69) is 29.6 Å². The Morgan fingerprint density at radius 2 is 1.56 bits per heavy atom. The number of methoxy groups -OCH3 is 1. The molecule has 1 saturated heterocycles. The van der Waals surface area contributed by atoms with Crippen LogP contribution in [0.1, 0.15) is 29.9 Å². The summed E-state index contributed by atoms with van der Waals surface area (Å²) in [5.41, 5.74) is 3.25. The summed E-state index contributed by atoms with van der Waals surface area (Å²) in [7, 11) is 1.61. The first-order valence-electron chi connectivity index (χ1n) is 11.0. The van der Waals surface area contributed by atoms with Crippen LogP contribution in [0, 0.1) is 5.92 Å². The number of nitrogens with zero attached hydrogens (tertiary/aromatic N) is 1. The normalized spacial score (nSPS) is 15.8. The zero-order chi connectivity index (χ0) is 22.3. The molecule has 0 radical (unpaired) electrons. The van der Waals surface area contributed by atoms with Crippen molar-refractivity contribution in [1.29, 1.82) is 0 Å². The standard InChI is InChI=1S/C27H28N2O3/c1-32-24-14-12-23(13-15-24)29-19-22(18-26(29)30)27(31)28-17-16-25(20-8-4-2-5-9-20)21-10-6-3-7-11-21/h2-15,22,25H,16-19H2,1H3,(H,28,31)/t22-/m0/s1. The van der Waals surface area contributed by atoms with Gasteiger partial charge in [0.05, 0.1) is 13.0 Å². The van der Waals surface area contributed by atoms with Crippen molar-refractivity contribution < 1.29 is 14.3 Å². The van der Waals surface area contributed by atoms with E-state index in [1.807, 2.05) is 60.7 Å². The number of carbonyl (C=O) groups excluding carboxylic acids is 2. The average Bonchev–Trinajstić information content (AvgIpc) is 3.24. The molecule has 0 saturated carbocycles. The number of carbonyl (C=O) groups is 2. The van der Waals surface area contributed by atoms with Gasteiger partial charge < -0.3 is 15.0 Å². The lowest BCUT2D eigenvalue weighted by Gasteiger charge is -2.19. The molecule has 1 N–H and O–H groups in total. The Kier molecular flexibility index (Phi) is 6.85. The molecule has 4 rings (SSSR count). The van der Waals surface area contributed by atoms with Crippen LogP contribution in [0.4, 0.5) is 5.69 Å². The van der Waals surface area contributed by atoms with Crippen molar-refractivity contribution in [3.8, 4) is 5.75 Å². The zero-order valence-electron chi connectivity index (χ0n) is 18.2. The number of anilines is 1. The minimum atomic E-state index is -0.337. The predicted molar refractivity (Wildman–Crippen MR) is 126 cm³/mol. The molecule has 2 amide bonds. The van der Waals surface area contributed by atoms with Gasteiger partial charge in [-0.1, -0.05) is 60.7 Å². The second kappa shape index (κ2) is 10.1. The molecule has 0 unspecified atom stereocenters. The number of ether oxygens (including phenoxy) is 1. The third kappa shape index (κ3) is 4.99. The van der Waals surface area contributed by atoms with Gasteiger partial charge in [0.2, 0.25) is 11.8 Å². The Morgan fingerprint density at radius 3 is 2.12 bits per heavy atom. The molecule has 3 aromatic carbocycles. The first kappa shape index (κ1) is 21.6. The highest BCUT2D eigenvalue weighted by molar-refractivity contribution is 6.00. The molecular weight excluding hydrogens is 400 g/mol. The van der Waals surface area contributed by atoms with Crippen LogP contribution < -0.4 is 15.0 Å². The number of hydrogen-bond acceptors (Lipinski definition) is 3. The second-order valence-electron chi connectivity index (χ2n) is 8.06. The topological polar surface area (TPSA) is 58.6 Å². The van der Waals surface area contributed by atoms with E-state index in [1.54, 1.807) is 12.0 Å². The Labute approximate surface area is 189 Å². The van der Waals surface area contributed by atoms with Crippen molar-refractivity contribution in [3.05, 3.63) is 96.1 Å². The van der Waals surface area contributed by atoms with Crippen molar-refractivity contribution in [2.45, 2.75) is 18.8 Å². The molecule has 0 aromatic heterocycles. The van der Waals surface area contributed by atoms with E-state index in [-0.39, 0.29) is 30.1 Å². The first-order valence-corrected chi connectivity index (χ1v) is 11.0. The van der Waals surface area contributed by atoms with Crippen LogP contribution in [0.2, 0.25) is 0 Å². The molecule has 0 aliphatic carbocycles. The molecule has 1 atom stereocenters. The lowest BCUT2D eigenvalue weighted by molar-refractivity contribution is -0.126. The van der Waals surface area contributed by atoms with Crippen LogP contribution in [0.3, 0.4) is 0 Å². The summed E-state index contributed by atoms with van der Waals surface area (Å²) in [4.78, 5) is 27.0. The molecular formula is C27H28N2O3. The van der Waals surface area contributed by atoms with Gasteiger partial charge in [0.25, 0.3) is 0 Å². The molecule has 1 fully saturated rings. The number of amides is 2.